The highest BCUT2D eigenvalue weighted by atomic mass is 79.9. The number of nitrogens with one attached hydrogen (secondary N) is 1. The summed E-state index contributed by atoms with van der Waals surface area (Å²) in [7, 11) is 1.48. The van der Waals surface area contributed by atoms with Gasteiger partial charge in [0.05, 0.1) is 12.8 Å². The molecule has 1 aromatic carbocycles. The van der Waals surface area contributed by atoms with Crippen molar-refractivity contribution in [1.29, 1.82) is 15.8 Å². The molecule has 0 aliphatic rings. The maximum absolute atomic E-state index is 8.99. The van der Waals surface area contributed by atoms with E-state index in [1.807, 2.05) is 0 Å². The Hall–Kier alpha value is -2.01. The third-order valence-electron chi connectivity index (χ3n) is 2.07. The fourth-order valence-electron chi connectivity index (χ4n) is 1.24. The fraction of sp³-hybridized carbons (Fsp3) is 0.0833. The lowest BCUT2D eigenvalue weighted by molar-refractivity contribution is 0.416. The molecule has 0 aliphatic carbocycles. The summed E-state index contributed by atoms with van der Waals surface area (Å²) in [6, 6.07) is 8.54. The van der Waals surface area contributed by atoms with Crippen molar-refractivity contribution >= 4 is 37.5 Å². The van der Waals surface area contributed by atoms with Crippen molar-refractivity contribution in [2.24, 2.45) is 0 Å². The lowest BCUT2D eigenvalue weighted by Crippen LogP contribution is -2.03. The summed E-state index contributed by atoms with van der Waals surface area (Å²) in [6.07, 6.45) is 0. The summed E-state index contributed by atoms with van der Waals surface area (Å²) in [5.41, 5.74) is 0.0379. The van der Waals surface area contributed by atoms with E-state index in [2.05, 4.69) is 37.2 Å². The Morgan fingerprint density at radius 2 is 1.79 bits per heavy atom. The number of anilines is 1. The monoisotopic (exact) mass is 380 g/mol. The number of hydrogen-bond donors (Lipinski definition) is 1. The molecule has 94 valence electrons. The molecular formula is C12H6Br2N4O. The van der Waals surface area contributed by atoms with Gasteiger partial charge in [-0.3, -0.25) is 0 Å². The van der Waals surface area contributed by atoms with Gasteiger partial charge in [0.15, 0.2) is 5.57 Å². The number of rotatable bonds is 3. The SMILES string of the molecule is COc1cc(Br)cc(Br)c1NC(C#N)=C(C#N)C#N. The van der Waals surface area contributed by atoms with Crippen molar-refractivity contribution in [2.75, 3.05) is 12.4 Å². The van der Waals surface area contributed by atoms with Crippen LogP contribution in [0.1, 0.15) is 0 Å². The Morgan fingerprint density at radius 1 is 1.16 bits per heavy atom. The van der Waals surface area contributed by atoms with Crippen LogP contribution in [-0.2, 0) is 0 Å². The Bertz CT molecular complexity index is 646. The van der Waals surface area contributed by atoms with Gasteiger partial charge in [0.1, 0.15) is 29.7 Å². The zero-order valence-corrected chi connectivity index (χ0v) is 12.8. The van der Waals surface area contributed by atoms with E-state index in [0.29, 0.717) is 15.9 Å². The number of nitrogens with zero attached hydrogens (tertiary/aromatic N) is 3. The molecule has 1 N–H and O–H groups in total. The molecule has 1 aromatic rings. The van der Waals surface area contributed by atoms with Crippen LogP contribution in [0.3, 0.4) is 0 Å². The minimum atomic E-state index is -0.292. The topological polar surface area (TPSA) is 92.6 Å². The van der Waals surface area contributed by atoms with Crippen molar-refractivity contribution in [3.63, 3.8) is 0 Å². The van der Waals surface area contributed by atoms with Crippen LogP contribution < -0.4 is 10.1 Å². The van der Waals surface area contributed by atoms with Gasteiger partial charge < -0.3 is 10.1 Å². The summed E-state index contributed by atoms with van der Waals surface area (Å²) in [5, 5.41) is 29.3. The first-order chi connectivity index (χ1) is 9.07. The highest BCUT2D eigenvalue weighted by Crippen LogP contribution is 2.37. The zero-order valence-electron chi connectivity index (χ0n) is 9.66. The van der Waals surface area contributed by atoms with Crippen molar-refractivity contribution in [2.45, 2.75) is 0 Å². The standard InChI is InChI=1S/C12H6Br2N4O/c1-19-11-3-8(13)2-9(14)12(11)18-10(6-17)7(4-15)5-16/h2-3,18H,1H3. The lowest BCUT2D eigenvalue weighted by atomic mass is 10.2. The molecule has 0 radical (unpaired) electrons. The summed E-state index contributed by atoms with van der Waals surface area (Å²) in [6.45, 7) is 0. The predicted octanol–water partition coefficient (Wildman–Crippen LogP) is 3.46. The molecule has 7 heteroatoms. The Balaban J connectivity index is 3.36. The third-order valence-corrected chi connectivity index (χ3v) is 3.16. The number of allylic oxidation sites excluding steroid dienone is 2. The van der Waals surface area contributed by atoms with Crippen molar-refractivity contribution in [3.8, 4) is 24.0 Å². The van der Waals surface area contributed by atoms with E-state index in [1.165, 1.54) is 7.11 Å². The average molecular weight is 382 g/mol. The van der Waals surface area contributed by atoms with E-state index < -0.39 is 0 Å². The number of methoxy groups -OCH3 is 1. The minimum Gasteiger partial charge on any atom is -0.494 e. The van der Waals surface area contributed by atoms with Crippen LogP contribution in [-0.4, -0.2) is 7.11 Å². The highest BCUT2D eigenvalue weighted by Gasteiger charge is 2.13. The van der Waals surface area contributed by atoms with Crippen molar-refractivity contribution in [3.05, 3.63) is 32.3 Å². The van der Waals surface area contributed by atoms with E-state index in [4.69, 9.17) is 20.5 Å². The molecule has 0 saturated carbocycles. The zero-order chi connectivity index (χ0) is 14.4. The molecule has 0 aliphatic heterocycles. The Morgan fingerprint density at radius 3 is 2.26 bits per heavy atom. The third kappa shape index (κ3) is 3.48. The van der Waals surface area contributed by atoms with Gasteiger partial charge in [-0.25, -0.2) is 0 Å². The van der Waals surface area contributed by atoms with Crippen LogP contribution >= 0.6 is 31.9 Å². The van der Waals surface area contributed by atoms with Gasteiger partial charge in [-0.05, 0) is 28.1 Å². The Labute approximate surface area is 127 Å². The van der Waals surface area contributed by atoms with E-state index in [0.717, 1.165) is 4.47 Å². The van der Waals surface area contributed by atoms with Gasteiger partial charge in [-0.1, -0.05) is 15.9 Å². The van der Waals surface area contributed by atoms with E-state index in [1.54, 1.807) is 30.3 Å². The van der Waals surface area contributed by atoms with Crippen molar-refractivity contribution < 1.29 is 4.74 Å². The lowest BCUT2D eigenvalue weighted by Gasteiger charge is -2.12. The molecule has 0 atom stereocenters. The van der Waals surface area contributed by atoms with Crippen LogP contribution in [0, 0.1) is 34.0 Å². The second kappa shape index (κ2) is 6.80. The quantitative estimate of drug-likeness (QED) is 0.809. The molecular weight excluding hydrogens is 376 g/mol. The molecule has 0 fully saturated rings. The molecule has 0 saturated heterocycles. The first-order valence-electron chi connectivity index (χ1n) is 4.82. The molecule has 1 rings (SSSR count). The number of nitriles is 3. The second-order valence-electron chi connectivity index (χ2n) is 3.18. The molecule has 0 aromatic heterocycles. The van der Waals surface area contributed by atoms with Gasteiger partial charge in [0, 0.05) is 8.95 Å². The molecule has 0 spiro atoms. The molecule has 19 heavy (non-hydrogen) atoms. The fourth-order valence-corrected chi connectivity index (χ4v) is 2.53. The van der Waals surface area contributed by atoms with Crippen LogP contribution in [0.5, 0.6) is 5.75 Å². The molecule has 0 unspecified atom stereocenters. The van der Waals surface area contributed by atoms with Gasteiger partial charge in [-0.2, -0.15) is 15.8 Å². The number of benzene rings is 1. The van der Waals surface area contributed by atoms with Crippen LogP contribution in [0.25, 0.3) is 0 Å². The van der Waals surface area contributed by atoms with Gasteiger partial charge >= 0.3 is 0 Å². The van der Waals surface area contributed by atoms with Crippen LogP contribution in [0.4, 0.5) is 5.69 Å². The highest BCUT2D eigenvalue weighted by molar-refractivity contribution is 9.11. The summed E-state index contributed by atoms with van der Waals surface area (Å²) in [5.74, 6) is 0.462. The maximum atomic E-state index is 8.99. The minimum absolute atomic E-state index is 0.133. The number of halogens is 2. The summed E-state index contributed by atoms with van der Waals surface area (Å²) < 4.78 is 6.59. The molecule has 0 bridgehead atoms. The van der Waals surface area contributed by atoms with Crippen molar-refractivity contribution in [1.82, 2.24) is 0 Å². The van der Waals surface area contributed by atoms with E-state index >= 15 is 0 Å². The number of hydrogen-bond acceptors (Lipinski definition) is 5. The number of ether oxygens (including phenoxy) is 1. The van der Waals surface area contributed by atoms with Gasteiger partial charge in [0.25, 0.3) is 0 Å². The van der Waals surface area contributed by atoms with E-state index in [9.17, 15) is 0 Å². The first-order valence-corrected chi connectivity index (χ1v) is 6.40. The second-order valence-corrected chi connectivity index (χ2v) is 4.95. The van der Waals surface area contributed by atoms with Crippen LogP contribution in [0.15, 0.2) is 32.3 Å². The average Bonchev–Trinajstić information content (AvgIpc) is 2.40. The predicted molar refractivity (Wildman–Crippen MR) is 75.9 cm³/mol. The normalized spacial score (nSPS) is 8.63. The Kier molecular flexibility index (Phi) is 5.38. The molecule has 0 amide bonds. The summed E-state index contributed by atoms with van der Waals surface area (Å²) in [4.78, 5) is 0. The van der Waals surface area contributed by atoms with Gasteiger partial charge in [0.2, 0.25) is 0 Å². The maximum Gasteiger partial charge on any atom is 0.163 e. The molecule has 5 nitrogen and oxygen atoms in total. The van der Waals surface area contributed by atoms with Gasteiger partial charge in [-0.15, -0.1) is 0 Å². The largest absolute Gasteiger partial charge is 0.494 e. The first kappa shape index (κ1) is 15.0. The van der Waals surface area contributed by atoms with Crippen LogP contribution in [0.2, 0.25) is 0 Å². The molecule has 0 heterocycles. The smallest absolute Gasteiger partial charge is 0.163 e. The van der Waals surface area contributed by atoms with E-state index in [-0.39, 0.29) is 11.3 Å². The summed E-state index contributed by atoms with van der Waals surface area (Å²) >= 11 is 6.63.